The molecule has 0 aromatic heterocycles. The number of hydrogen-bond donors (Lipinski definition) is 1. The molecule has 0 aliphatic rings. The smallest absolute Gasteiger partial charge is 0.311 e. The molecule has 0 heterocycles. The van der Waals surface area contributed by atoms with Crippen molar-refractivity contribution in [1.82, 2.24) is 4.90 Å². The van der Waals surface area contributed by atoms with E-state index in [1.165, 1.54) is 0 Å². The Morgan fingerprint density at radius 3 is 2.33 bits per heavy atom. The van der Waals surface area contributed by atoms with Gasteiger partial charge in [-0.05, 0) is 58.4 Å². The summed E-state index contributed by atoms with van der Waals surface area (Å²) in [6.07, 6.45) is 0.596. The van der Waals surface area contributed by atoms with Crippen molar-refractivity contribution in [2.75, 3.05) is 13.7 Å². The van der Waals surface area contributed by atoms with Crippen LogP contribution in [0.4, 0.5) is 0 Å². The molecule has 4 nitrogen and oxygen atoms in total. The number of rotatable bonds is 8. The van der Waals surface area contributed by atoms with Crippen LogP contribution in [-0.2, 0) is 4.79 Å². The minimum atomic E-state index is -0.782. The van der Waals surface area contributed by atoms with Crippen molar-refractivity contribution in [3.05, 3.63) is 29.8 Å². The maximum Gasteiger partial charge on any atom is 0.311 e. The van der Waals surface area contributed by atoms with Crippen molar-refractivity contribution in [3.8, 4) is 5.75 Å². The van der Waals surface area contributed by atoms with E-state index < -0.39 is 11.9 Å². The van der Waals surface area contributed by atoms with Crippen molar-refractivity contribution in [2.24, 2.45) is 0 Å². The molecular weight excluding hydrogens is 266 g/mol. The molecule has 1 aromatic carbocycles. The largest absolute Gasteiger partial charge is 0.497 e. The Bertz CT molecular complexity index is 449. The SMILES string of the molecule is COc1cccc([C@H](CCN(C(C)C)C(C)C)C(=O)O)c1. The summed E-state index contributed by atoms with van der Waals surface area (Å²) in [5, 5.41) is 9.52. The van der Waals surface area contributed by atoms with Gasteiger partial charge in [-0.15, -0.1) is 0 Å². The van der Waals surface area contributed by atoms with Gasteiger partial charge in [-0.1, -0.05) is 12.1 Å². The van der Waals surface area contributed by atoms with Crippen molar-refractivity contribution < 1.29 is 14.6 Å². The topological polar surface area (TPSA) is 49.8 Å². The lowest BCUT2D eigenvalue weighted by atomic mass is 9.95. The van der Waals surface area contributed by atoms with Crippen molar-refractivity contribution in [2.45, 2.75) is 52.1 Å². The van der Waals surface area contributed by atoms with Gasteiger partial charge < -0.3 is 9.84 Å². The van der Waals surface area contributed by atoms with Crippen LogP contribution in [0.2, 0.25) is 0 Å². The number of carboxylic acids is 1. The van der Waals surface area contributed by atoms with E-state index in [1.807, 2.05) is 24.3 Å². The van der Waals surface area contributed by atoms with Crippen LogP contribution in [0.15, 0.2) is 24.3 Å². The molecule has 0 unspecified atom stereocenters. The summed E-state index contributed by atoms with van der Waals surface area (Å²) in [4.78, 5) is 13.9. The number of carbonyl (C=O) groups is 1. The quantitative estimate of drug-likeness (QED) is 0.798. The highest BCUT2D eigenvalue weighted by Crippen LogP contribution is 2.25. The maximum atomic E-state index is 11.6. The van der Waals surface area contributed by atoms with E-state index in [9.17, 15) is 9.90 Å². The van der Waals surface area contributed by atoms with Crippen LogP contribution in [0, 0.1) is 0 Å². The molecule has 1 atom stereocenters. The number of carboxylic acid groups (broad SMARTS) is 1. The molecule has 0 radical (unpaired) electrons. The number of methoxy groups -OCH3 is 1. The van der Waals surface area contributed by atoms with Crippen LogP contribution in [-0.4, -0.2) is 41.7 Å². The maximum absolute atomic E-state index is 11.6. The van der Waals surface area contributed by atoms with Gasteiger partial charge in [-0.25, -0.2) is 0 Å². The molecule has 0 bridgehead atoms. The summed E-state index contributed by atoms with van der Waals surface area (Å²) in [5.74, 6) is -0.584. The second-order valence-electron chi connectivity index (χ2n) is 5.88. The summed E-state index contributed by atoms with van der Waals surface area (Å²) in [5.41, 5.74) is 0.800. The molecule has 118 valence electrons. The van der Waals surface area contributed by atoms with Gasteiger partial charge in [0, 0.05) is 12.1 Å². The third kappa shape index (κ3) is 5.05. The lowest BCUT2D eigenvalue weighted by Crippen LogP contribution is -2.38. The zero-order valence-corrected chi connectivity index (χ0v) is 13.7. The van der Waals surface area contributed by atoms with Gasteiger partial charge in [0.1, 0.15) is 5.75 Å². The first-order valence-corrected chi connectivity index (χ1v) is 7.49. The van der Waals surface area contributed by atoms with Gasteiger partial charge in [0.25, 0.3) is 0 Å². The Labute approximate surface area is 127 Å². The first kappa shape index (κ1) is 17.5. The van der Waals surface area contributed by atoms with E-state index in [1.54, 1.807) is 7.11 Å². The molecule has 4 heteroatoms. The highest BCUT2D eigenvalue weighted by atomic mass is 16.5. The van der Waals surface area contributed by atoms with Crippen molar-refractivity contribution in [1.29, 1.82) is 0 Å². The molecule has 0 amide bonds. The first-order chi connectivity index (χ1) is 9.86. The Kier molecular flexibility index (Phi) is 6.69. The zero-order chi connectivity index (χ0) is 16.0. The second-order valence-corrected chi connectivity index (χ2v) is 5.88. The zero-order valence-electron chi connectivity index (χ0n) is 13.7. The third-order valence-corrected chi connectivity index (χ3v) is 3.80. The van der Waals surface area contributed by atoms with Gasteiger partial charge in [-0.3, -0.25) is 9.69 Å². The lowest BCUT2D eigenvalue weighted by molar-refractivity contribution is -0.139. The fraction of sp³-hybridized carbons (Fsp3) is 0.588. The molecule has 1 aromatic rings. The average molecular weight is 293 g/mol. The van der Waals surface area contributed by atoms with E-state index >= 15 is 0 Å². The standard InChI is InChI=1S/C17H27NO3/c1-12(2)18(13(3)4)10-9-16(17(19)20)14-7-6-8-15(11-14)21-5/h6-8,11-13,16H,9-10H2,1-5H3,(H,19,20)/t16-/m0/s1. The number of benzene rings is 1. The van der Waals surface area contributed by atoms with E-state index in [0.717, 1.165) is 12.1 Å². The van der Waals surface area contributed by atoms with Gasteiger partial charge >= 0.3 is 5.97 Å². The average Bonchev–Trinajstić information content (AvgIpc) is 2.42. The second kappa shape index (κ2) is 8.03. The summed E-state index contributed by atoms with van der Waals surface area (Å²) in [6.45, 7) is 9.33. The number of aliphatic carboxylic acids is 1. The summed E-state index contributed by atoms with van der Waals surface area (Å²) in [7, 11) is 1.59. The van der Waals surface area contributed by atoms with E-state index in [2.05, 4.69) is 32.6 Å². The van der Waals surface area contributed by atoms with E-state index in [-0.39, 0.29) is 0 Å². The minimum Gasteiger partial charge on any atom is -0.497 e. The monoisotopic (exact) mass is 293 g/mol. The molecule has 1 rings (SSSR count). The van der Waals surface area contributed by atoms with Crippen molar-refractivity contribution >= 4 is 5.97 Å². The molecule has 21 heavy (non-hydrogen) atoms. The summed E-state index contributed by atoms with van der Waals surface area (Å²) in [6, 6.07) is 8.16. The Morgan fingerprint density at radius 1 is 1.24 bits per heavy atom. The highest BCUT2D eigenvalue weighted by molar-refractivity contribution is 5.76. The molecule has 0 fully saturated rings. The van der Waals surface area contributed by atoms with Crippen molar-refractivity contribution in [3.63, 3.8) is 0 Å². The fourth-order valence-corrected chi connectivity index (χ4v) is 2.68. The fourth-order valence-electron chi connectivity index (χ4n) is 2.68. The predicted molar refractivity (Wildman–Crippen MR) is 85.0 cm³/mol. The Balaban J connectivity index is 2.85. The number of ether oxygens (including phenoxy) is 1. The molecule has 1 N–H and O–H groups in total. The van der Waals surface area contributed by atoms with Gasteiger partial charge in [0.2, 0.25) is 0 Å². The molecule has 0 aliphatic heterocycles. The van der Waals surface area contributed by atoms with Crippen LogP contribution < -0.4 is 4.74 Å². The third-order valence-electron chi connectivity index (χ3n) is 3.80. The molecule has 0 spiro atoms. The lowest BCUT2D eigenvalue weighted by Gasteiger charge is -2.31. The molecule has 0 saturated heterocycles. The molecular formula is C17H27NO3. The Hall–Kier alpha value is -1.55. The predicted octanol–water partition coefficient (Wildman–Crippen LogP) is 3.37. The first-order valence-electron chi connectivity index (χ1n) is 7.49. The van der Waals surface area contributed by atoms with Gasteiger partial charge in [-0.2, -0.15) is 0 Å². The molecule has 0 aliphatic carbocycles. The van der Waals surface area contributed by atoms with Crippen LogP contribution in [0.5, 0.6) is 5.75 Å². The number of hydrogen-bond acceptors (Lipinski definition) is 3. The minimum absolute atomic E-state index is 0.407. The summed E-state index contributed by atoms with van der Waals surface area (Å²) < 4.78 is 5.18. The summed E-state index contributed by atoms with van der Waals surface area (Å²) >= 11 is 0. The normalized spacial score (nSPS) is 13.0. The Morgan fingerprint density at radius 2 is 1.86 bits per heavy atom. The van der Waals surface area contributed by atoms with Crippen LogP contribution in [0.3, 0.4) is 0 Å². The van der Waals surface area contributed by atoms with E-state index in [4.69, 9.17) is 4.74 Å². The van der Waals surface area contributed by atoms with Gasteiger partial charge in [0.15, 0.2) is 0 Å². The van der Waals surface area contributed by atoms with E-state index in [0.29, 0.717) is 24.3 Å². The number of nitrogens with zero attached hydrogens (tertiary/aromatic N) is 1. The van der Waals surface area contributed by atoms with Crippen LogP contribution >= 0.6 is 0 Å². The highest BCUT2D eigenvalue weighted by Gasteiger charge is 2.23. The van der Waals surface area contributed by atoms with Crippen LogP contribution in [0.25, 0.3) is 0 Å². The van der Waals surface area contributed by atoms with Crippen LogP contribution in [0.1, 0.15) is 45.6 Å². The van der Waals surface area contributed by atoms with Gasteiger partial charge in [0.05, 0.1) is 13.0 Å². The molecule has 0 saturated carbocycles.